The summed E-state index contributed by atoms with van der Waals surface area (Å²) in [4.78, 5) is 15.4. The van der Waals surface area contributed by atoms with E-state index in [9.17, 15) is 4.79 Å². The highest BCUT2D eigenvalue weighted by atomic mass is 32.1. The second-order valence-electron chi connectivity index (χ2n) is 4.27. The van der Waals surface area contributed by atoms with E-state index in [-0.39, 0.29) is 11.8 Å². The average molecular weight is 238 g/mol. The van der Waals surface area contributed by atoms with Crippen LogP contribution in [0.15, 0.2) is 17.5 Å². The van der Waals surface area contributed by atoms with Gasteiger partial charge in [0.05, 0.1) is 5.92 Å². The molecule has 2 heterocycles. The number of carbonyl (C=O) groups excluding carboxylic acids is 1. The molecule has 1 N–H and O–H groups in total. The zero-order valence-electron chi connectivity index (χ0n) is 9.61. The second kappa shape index (κ2) is 5.46. The van der Waals surface area contributed by atoms with Gasteiger partial charge in [0, 0.05) is 25.0 Å². The van der Waals surface area contributed by atoms with Crippen LogP contribution in [-0.2, 0) is 11.3 Å². The Balaban J connectivity index is 1.89. The highest BCUT2D eigenvalue weighted by Gasteiger charge is 2.24. The van der Waals surface area contributed by atoms with E-state index in [4.69, 9.17) is 0 Å². The largest absolute Gasteiger partial charge is 0.359 e. The molecule has 0 unspecified atom stereocenters. The monoisotopic (exact) mass is 238 g/mol. The number of nitrogens with zero attached hydrogens (tertiary/aromatic N) is 1. The first-order chi connectivity index (χ1) is 7.79. The van der Waals surface area contributed by atoms with Gasteiger partial charge in [-0.1, -0.05) is 6.07 Å². The van der Waals surface area contributed by atoms with Crippen molar-refractivity contribution >= 4 is 17.2 Å². The van der Waals surface area contributed by atoms with Gasteiger partial charge in [0.15, 0.2) is 0 Å². The number of nitrogens with one attached hydrogen (secondary N) is 1. The van der Waals surface area contributed by atoms with Crippen LogP contribution >= 0.6 is 11.3 Å². The Morgan fingerprint density at radius 1 is 1.69 bits per heavy atom. The van der Waals surface area contributed by atoms with Crippen LogP contribution in [-0.4, -0.2) is 30.9 Å². The van der Waals surface area contributed by atoms with Gasteiger partial charge in [-0.15, -0.1) is 11.3 Å². The highest BCUT2D eigenvalue weighted by molar-refractivity contribution is 7.09. The van der Waals surface area contributed by atoms with Crippen molar-refractivity contribution in [2.45, 2.75) is 19.4 Å². The zero-order chi connectivity index (χ0) is 11.4. The lowest BCUT2D eigenvalue weighted by Crippen LogP contribution is -2.41. The van der Waals surface area contributed by atoms with Crippen molar-refractivity contribution in [3.63, 3.8) is 0 Å². The number of hydrogen-bond acceptors (Lipinski definition) is 3. The Hall–Kier alpha value is -0.870. The van der Waals surface area contributed by atoms with Gasteiger partial charge in [-0.05, 0) is 30.8 Å². The molecule has 0 aliphatic carbocycles. The number of piperidine rings is 1. The number of rotatable bonds is 3. The molecule has 0 radical (unpaired) electrons. The van der Waals surface area contributed by atoms with Gasteiger partial charge in [-0.25, -0.2) is 0 Å². The summed E-state index contributed by atoms with van der Waals surface area (Å²) in [5.74, 6) is 0.370. The number of amides is 1. The maximum Gasteiger partial charge on any atom is 0.224 e. The minimum atomic E-state index is 0.179. The summed E-state index contributed by atoms with van der Waals surface area (Å²) >= 11 is 1.79. The van der Waals surface area contributed by atoms with E-state index in [1.165, 1.54) is 4.88 Å². The molecule has 88 valence electrons. The molecule has 0 saturated carbocycles. The third-order valence-corrected chi connectivity index (χ3v) is 3.94. The van der Waals surface area contributed by atoms with Crippen LogP contribution in [0.2, 0.25) is 0 Å². The lowest BCUT2D eigenvalue weighted by atomic mass is 9.97. The van der Waals surface area contributed by atoms with Crippen LogP contribution < -0.4 is 5.32 Å². The van der Waals surface area contributed by atoms with Crippen molar-refractivity contribution in [1.82, 2.24) is 10.2 Å². The predicted molar refractivity (Wildman–Crippen MR) is 66.4 cm³/mol. The van der Waals surface area contributed by atoms with Crippen LogP contribution in [0.4, 0.5) is 0 Å². The van der Waals surface area contributed by atoms with E-state index in [0.29, 0.717) is 0 Å². The van der Waals surface area contributed by atoms with Crippen molar-refractivity contribution in [3.8, 4) is 0 Å². The summed E-state index contributed by atoms with van der Waals surface area (Å²) < 4.78 is 0. The van der Waals surface area contributed by atoms with E-state index >= 15 is 0 Å². The molecule has 3 nitrogen and oxygen atoms in total. The summed E-state index contributed by atoms with van der Waals surface area (Å²) in [6, 6.07) is 4.24. The maximum absolute atomic E-state index is 11.6. The molecule has 0 aromatic carbocycles. The molecule has 4 heteroatoms. The van der Waals surface area contributed by atoms with Gasteiger partial charge < -0.3 is 5.32 Å². The zero-order valence-corrected chi connectivity index (χ0v) is 10.4. The van der Waals surface area contributed by atoms with E-state index in [2.05, 4.69) is 27.7 Å². The third-order valence-electron chi connectivity index (χ3n) is 3.08. The number of hydrogen-bond donors (Lipinski definition) is 1. The van der Waals surface area contributed by atoms with Gasteiger partial charge in [0.2, 0.25) is 5.91 Å². The molecule has 1 amide bonds. The third kappa shape index (κ3) is 2.83. The first-order valence-electron chi connectivity index (χ1n) is 5.76. The van der Waals surface area contributed by atoms with Gasteiger partial charge in [0.1, 0.15) is 0 Å². The van der Waals surface area contributed by atoms with Crippen molar-refractivity contribution < 1.29 is 4.79 Å². The fraction of sp³-hybridized carbons (Fsp3) is 0.583. The fourth-order valence-corrected chi connectivity index (χ4v) is 2.99. The Bertz CT molecular complexity index is 337. The summed E-state index contributed by atoms with van der Waals surface area (Å²) in [7, 11) is 1.72. The minimum absolute atomic E-state index is 0.179. The molecule has 16 heavy (non-hydrogen) atoms. The maximum atomic E-state index is 11.6. The normalized spacial score (nSPS) is 21.9. The first-order valence-corrected chi connectivity index (χ1v) is 6.64. The Labute approximate surface area is 100 Å². The molecule has 1 aromatic heterocycles. The molecule has 1 aromatic rings. The topological polar surface area (TPSA) is 32.3 Å². The lowest BCUT2D eigenvalue weighted by molar-refractivity contribution is -0.126. The smallest absolute Gasteiger partial charge is 0.224 e. The Morgan fingerprint density at radius 3 is 3.25 bits per heavy atom. The first kappa shape index (κ1) is 11.6. The van der Waals surface area contributed by atoms with Crippen LogP contribution in [0, 0.1) is 5.92 Å². The molecule has 1 saturated heterocycles. The number of carbonyl (C=O) groups is 1. The van der Waals surface area contributed by atoms with Crippen molar-refractivity contribution in [1.29, 1.82) is 0 Å². The molecule has 2 rings (SSSR count). The predicted octanol–water partition coefficient (Wildman–Crippen LogP) is 1.71. The van der Waals surface area contributed by atoms with Gasteiger partial charge >= 0.3 is 0 Å². The van der Waals surface area contributed by atoms with E-state index in [1.54, 1.807) is 18.4 Å². The highest BCUT2D eigenvalue weighted by Crippen LogP contribution is 2.20. The van der Waals surface area contributed by atoms with Gasteiger partial charge in [0.25, 0.3) is 0 Å². The Kier molecular flexibility index (Phi) is 3.96. The summed E-state index contributed by atoms with van der Waals surface area (Å²) in [6.07, 6.45) is 2.16. The van der Waals surface area contributed by atoms with E-state index < -0.39 is 0 Å². The second-order valence-corrected chi connectivity index (χ2v) is 5.30. The van der Waals surface area contributed by atoms with E-state index in [1.807, 2.05) is 0 Å². The Morgan fingerprint density at radius 2 is 2.56 bits per heavy atom. The van der Waals surface area contributed by atoms with E-state index in [0.717, 1.165) is 32.5 Å². The van der Waals surface area contributed by atoms with Crippen LogP contribution in [0.5, 0.6) is 0 Å². The average Bonchev–Trinajstić information content (AvgIpc) is 2.81. The molecule has 1 aliphatic rings. The molecule has 0 bridgehead atoms. The quantitative estimate of drug-likeness (QED) is 0.869. The summed E-state index contributed by atoms with van der Waals surface area (Å²) in [5.41, 5.74) is 0. The van der Waals surface area contributed by atoms with Gasteiger partial charge in [-0.3, -0.25) is 9.69 Å². The fourth-order valence-electron chi connectivity index (χ4n) is 2.24. The molecular formula is C12H18N2OS. The van der Waals surface area contributed by atoms with Crippen molar-refractivity contribution in [2.75, 3.05) is 20.1 Å². The standard InChI is InChI=1S/C12H18N2OS/c1-13-12(15)10-4-2-6-14(8-10)9-11-5-3-7-16-11/h3,5,7,10H,2,4,6,8-9H2,1H3,(H,13,15)/t10-/m0/s1. The molecule has 1 fully saturated rings. The van der Waals surface area contributed by atoms with Crippen molar-refractivity contribution in [3.05, 3.63) is 22.4 Å². The SMILES string of the molecule is CNC(=O)[C@H]1CCCN(Cc2cccs2)C1. The molecule has 0 spiro atoms. The summed E-state index contributed by atoms with van der Waals surface area (Å²) in [5, 5.41) is 4.86. The number of thiophene rings is 1. The molecule has 1 atom stereocenters. The van der Waals surface area contributed by atoms with Crippen molar-refractivity contribution in [2.24, 2.45) is 5.92 Å². The van der Waals surface area contributed by atoms with Gasteiger partial charge in [-0.2, -0.15) is 0 Å². The number of likely N-dealkylation sites (tertiary alicyclic amines) is 1. The lowest BCUT2D eigenvalue weighted by Gasteiger charge is -2.31. The summed E-state index contributed by atoms with van der Waals surface area (Å²) in [6.45, 7) is 3.01. The van der Waals surface area contributed by atoms with Crippen LogP contribution in [0.3, 0.4) is 0 Å². The molecule has 1 aliphatic heterocycles. The van der Waals surface area contributed by atoms with Crippen LogP contribution in [0.1, 0.15) is 17.7 Å². The molecular weight excluding hydrogens is 220 g/mol. The van der Waals surface area contributed by atoms with Crippen LogP contribution in [0.25, 0.3) is 0 Å². The minimum Gasteiger partial charge on any atom is -0.359 e.